The van der Waals surface area contributed by atoms with Crippen LogP contribution in [0.1, 0.15) is 26.7 Å². The summed E-state index contributed by atoms with van der Waals surface area (Å²) in [7, 11) is 0. The van der Waals surface area contributed by atoms with Gasteiger partial charge in [0.25, 0.3) is 0 Å². The lowest BCUT2D eigenvalue weighted by Crippen LogP contribution is -2.14. The van der Waals surface area contributed by atoms with Crippen LogP contribution in [0.25, 0.3) is 0 Å². The van der Waals surface area contributed by atoms with E-state index in [1.165, 1.54) is 12.1 Å². The molecule has 0 heterocycles. The predicted octanol–water partition coefficient (Wildman–Crippen LogP) is 3.30. The molecule has 0 fully saturated rings. The lowest BCUT2D eigenvalue weighted by atomic mass is 10.2. The first kappa shape index (κ1) is 12.4. The fraction of sp³-hybridized carbons (Fsp3) is 0.455. The maximum Gasteiger partial charge on any atom is 0.346 e. The van der Waals surface area contributed by atoms with Crippen molar-refractivity contribution in [1.82, 2.24) is 0 Å². The maximum absolute atomic E-state index is 13.2. The zero-order valence-corrected chi connectivity index (χ0v) is 9.27. The van der Waals surface area contributed by atoms with E-state index in [-0.39, 0.29) is 11.9 Å². The average molecular weight is 227 g/mol. The van der Waals surface area contributed by atoms with Crippen LogP contribution in [0.5, 0.6) is 5.75 Å². The fourth-order valence-electron chi connectivity index (χ4n) is 1.40. The third-order valence-corrected chi connectivity index (χ3v) is 2.34. The van der Waals surface area contributed by atoms with E-state index in [2.05, 4.69) is 0 Å². The topological polar surface area (TPSA) is 52.4 Å². The van der Waals surface area contributed by atoms with E-state index in [9.17, 15) is 14.5 Å². The number of nitro groups is 1. The Hall–Kier alpha value is -1.65. The van der Waals surface area contributed by atoms with Crippen LogP contribution in [0.15, 0.2) is 18.2 Å². The summed E-state index contributed by atoms with van der Waals surface area (Å²) in [5, 5.41) is 10.7. The molecule has 1 aromatic carbocycles. The van der Waals surface area contributed by atoms with E-state index in [0.29, 0.717) is 0 Å². The molecule has 0 aliphatic carbocycles. The molecule has 5 heteroatoms. The van der Waals surface area contributed by atoms with Gasteiger partial charge in [-0.1, -0.05) is 19.9 Å². The number of nitro benzene ring substituents is 1. The average Bonchev–Trinajstić information content (AvgIpc) is 2.25. The van der Waals surface area contributed by atoms with Crippen molar-refractivity contribution in [2.75, 3.05) is 0 Å². The Labute approximate surface area is 93.2 Å². The molecule has 0 amide bonds. The predicted molar refractivity (Wildman–Crippen MR) is 58.1 cm³/mol. The maximum atomic E-state index is 13.2. The van der Waals surface area contributed by atoms with Gasteiger partial charge < -0.3 is 4.74 Å². The highest BCUT2D eigenvalue weighted by atomic mass is 19.1. The normalized spacial score (nSPS) is 10.5. The summed E-state index contributed by atoms with van der Waals surface area (Å²) in [6, 6.07) is 3.87. The third kappa shape index (κ3) is 2.68. The summed E-state index contributed by atoms with van der Waals surface area (Å²) >= 11 is 0. The molecule has 1 rings (SSSR count). The minimum absolute atomic E-state index is 0.00120. The van der Waals surface area contributed by atoms with Gasteiger partial charge in [-0.25, -0.2) is 0 Å². The van der Waals surface area contributed by atoms with E-state index in [4.69, 9.17) is 4.74 Å². The van der Waals surface area contributed by atoms with E-state index in [0.717, 1.165) is 18.9 Å². The molecule has 0 N–H and O–H groups in total. The van der Waals surface area contributed by atoms with Crippen molar-refractivity contribution in [1.29, 1.82) is 0 Å². The highest BCUT2D eigenvalue weighted by Crippen LogP contribution is 2.30. The zero-order chi connectivity index (χ0) is 12.1. The Bertz CT molecular complexity index is 377. The molecule has 16 heavy (non-hydrogen) atoms. The lowest BCUT2D eigenvalue weighted by Gasteiger charge is -2.15. The van der Waals surface area contributed by atoms with Gasteiger partial charge in [0, 0.05) is 0 Å². The van der Waals surface area contributed by atoms with Gasteiger partial charge in [-0.2, -0.15) is 4.39 Å². The highest BCUT2D eigenvalue weighted by molar-refractivity contribution is 5.47. The largest absolute Gasteiger partial charge is 0.483 e. The Kier molecular flexibility index (Phi) is 4.22. The van der Waals surface area contributed by atoms with Crippen LogP contribution in [0.3, 0.4) is 0 Å². The smallest absolute Gasteiger partial charge is 0.346 e. The molecule has 0 aliphatic rings. The number of hydrogen-bond acceptors (Lipinski definition) is 3. The molecule has 4 nitrogen and oxygen atoms in total. The molecule has 0 saturated carbocycles. The molecule has 0 radical (unpaired) electrons. The number of nitrogens with zero attached hydrogens (tertiary/aromatic N) is 1. The second kappa shape index (κ2) is 5.44. The lowest BCUT2D eigenvalue weighted by molar-refractivity contribution is -0.388. The van der Waals surface area contributed by atoms with E-state index >= 15 is 0 Å². The summed E-state index contributed by atoms with van der Waals surface area (Å²) in [5.41, 5.74) is -0.589. The second-order valence-electron chi connectivity index (χ2n) is 3.40. The van der Waals surface area contributed by atoms with Crippen molar-refractivity contribution in [2.24, 2.45) is 0 Å². The van der Waals surface area contributed by atoms with Crippen molar-refractivity contribution in [2.45, 2.75) is 32.8 Å². The van der Waals surface area contributed by atoms with Crippen LogP contribution < -0.4 is 4.74 Å². The minimum Gasteiger partial charge on any atom is -0.483 e. The summed E-state index contributed by atoms with van der Waals surface area (Å²) in [6.07, 6.45) is 1.33. The molecule has 1 aromatic rings. The van der Waals surface area contributed by atoms with Gasteiger partial charge in [0.1, 0.15) is 0 Å². The molecule has 0 unspecified atom stereocenters. The molecule has 0 spiro atoms. The number of rotatable bonds is 5. The van der Waals surface area contributed by atoms with E-state index < -0.39 is 16.4 Å². The molecule has 0 atom stereocenters. The number of ether oxygens (including phenoxy) is 1. The van der Waals surface area contributed by atoms with Crippen LogP contribution in [-0.2, 0) is 0 Å². The van der Waals surface area contributed by atoms with Crippen molar-refractivity contribution in [3.05, 3.63) is 34.1 Å². The van der Waals surface area contributed by atoms with Gasteiger partial charge in [-0.05, 0) is 25.0 Å². The molecule has 0 aliphatic heterocycles. The molecule has 0 saturated heterocycles. The molecule has 0 bridgehead atoms. The standard InChI is InChI=1S/C11H14FNO3/c1-3-8(4-2)16-10-7-5-6-9(12)11(10)13(14)15/h5-8H,3-4H2,1-2H3. The van der Waals surface area contributed by atoms with Gasteiger partial charge in [-0.3, -0.25) is 10.1 Å². The Morgan fingerprint density at radius 1 is 1.44 bits per heavy atom. The van der Waals surface area contributed by atoms with Crippen LogP contribution in [-0.4, -0.2) is 11.0 Å². The summed E-state index contributed by atoms with van der Waals surface area (Å²) in [6.45, 7) is 3.83. The molecular formula is C11H14FNO3. The monoisotopic (exact) mass is 227 g/mol. The van der Waals surface area contributed by atoms with E-state index in [1.54, 1.807) is 0 Å². The number of para-hydroxylation sites is 1. The number of hydrogen-bond donors (Lipinski definition) is 0. The van der Waals surface area contributed by atoms with Gasteiger partial charge in [0.05, 0.1) is 11.0 Å². The Morgan fingerprint density at radius 2 is 2.06 bits per heavy atom. The third-order valence-electron chi connectivity index (χ3n) is 2.34. The molecular weight excluding hydrogens is 213 g/mol. The van der Waals surface area contributed by atoms with Crippen LogP contribution in [0.2, 0.25) is 0 Å². The van der Waals surface area contributed by atoms with Crippen LogP contribution in [0, 0.1) is 15.9 Å². The summed E-state index contributed by atoms with van der Waals surface area (Å²) in [5.74, 6) is -0.868. The van der Waals surface area contributed by atoms with E-state index in [1.807, 2.05) is 13.8 Å². The van der Waals surface area contributed by atoms with Gasteiger partial charge >= 0.3 is 5.69 Å². The molecule has 0 aromatic heterocycles. The van der Waals surface area contributed by atoms with Crippen LogP contribution in [0.4, 0.5) is 10.1 Å². The first-order valence-electron chi connectivity index (χ1n) is 5.19. The highest BCUT2D eigenvalue weighted by Gasteiger charge is 2.22. The fourth-order valence-corrected chi connectivity index (χ4v) is 1.40. The first-order valence-corrected chi connectivity index (χ1v) is 5.19. The summed E-state index contributed by atoms with van der Waals surface area (Å²) < 4.78 is 18.6. The Balaban J connectivity index is 3.03. The van der Waals surface area contributed by atoms with Gasteiger partial charge in [0.15, 0.2) is 0 Å². The number of benzene rings is 1. The first-order chi connectivity index (χ1) is 7.60. The van der Waals surface area contributed by atoms with Crippen molar-refractivity contribution >= 4 is 5.69 Å². The zero-order valence-electron chi connectivity index (χ0n) is 9.27. The molecule has 88 valence electrons. The SMILES string of the molecule is CCC(CC)Oc1cccc(F)c1[N+](=O)[O-]. The van der Waals surface area contributed by atoms with Crippen LogP contribution >= 0.6 is 0 Å². The van der Waals surface area contributed by atoms with Gasteiger partial charge in [0.2, 0.25) is 11.6 Å². The van der Waals surface area contributed by atoms with Crippen molar-refractivity contribution in [3.8, 4) is 5.75 Å². The Morgan fingerprint density at radius 3 is 2.56 bits per heavy atom. The van der Waals surface area contributed by atoms with Crippen molar-refractivity contribution < 1.29 is 14.1 Å². The van der Waals surface area contributed by atoms with Crippen molar-refractivity contribution in [3.63, 3.8) is 0 Å². The second-order valence-corrected chi connectivity index (χ2v) is 3.40. The number of halogens is 1. The summed E-state index contributed by atoms with van der Waals surface area (Å²) in [4.78, 5) is 9.93. The minimum atomic E-state index is -0.867. The quantitative estimate of drug-likeness (QED) is 0.572. The van der Waals surface area contributed by atoms with Gasteiger partial charge in [-0.15, -0.1) is 0 Å².